The highest BCUT2D eigenvalue weighted by molar-refractivity contribution is 7.89. The fraction of sp³-hybridized carbons (Fsp3) is 0.565. The molecular weight excluding hydrogens is 450 g/mol. The Morgan fingerprint density at radius 2 is 1.85 bits per heavy atom. The molecule has 33 heavy (non-hydrogen) atoms. The Labute approximate surface area is 193 Å². The Balaban J connectivity index is 1.62. The molecule has 0 spiro atoms. The van der Waals surface area contributed by atoms with Crippen LogP contribution < -0.4 is 0 Å². The van der Waals surface area contributed by atoms with Crippen molar-refractivity contribution < 1.29 is 22.0 Å². The monoisotopic (exact) mass is 480 g/mol. The lowest BCUT2D eigenvalue weighted by molar-refractivity contribution is -0.138. The van der Waals surface area contributed by atoms with Crippen LogP contribution in [0.5, 0.6) is 0 Å². The van der Waals surface area contributed by atoms with Crippen LogP contribution in [0, 0.1) is 13.8 Å². The third-order valence-corrected chi connectivity index (χ3v) is 8.79. The van der Waals surface area contributed by atoms with Crippen molar-refractivity contribution >= 4 is 15.9 Å². The van der Waals surface area contributed by atoms with E-state index < -0.39 is 22.0 Å². The molecule has 0 unspecified atom stereocenters. The van der Waals surface area contributed by atoms with Crippen molar-refractivity contribution in [3.63, 3.8) is 0 Å². The number of sulfonamides is 1. The van der Waals surface area contributed by atoms with Gasteiger partial charge in [-0.15, -0.1) is 0 Å². The van der Waals surface area contributed by atoms with Gasteiger partial charge in [0.2, 0.25) is 21.9 Å². The Kier molecular flexibility index (Phi) is 6.34. The first kappa shape index (κ1) is 23.8. The van der Waals surface area contributed by atoms with Gasteiger partial charge >= 0.3 is 0 Å². The largest absolute Gasteiger partial charge is 0.341 e. The Morgan fingerprint density at radius 1 is 1.15 bits per heavy atom. The maximum atomic E-state index is 13.8. The third-order valence-electron chi connectivity index (χ3n) is 6.83. The van der Waals surface area contributed by atoms with Gasteiger partial charge in [0.05, 0.1) is 5.69 Å². The molecule has 180 valence electrons. The van der Waals surface area contributed by atoms with E-state index in [4.69, 9.17) is 0 Å². The smallest absolute Gasteiger partial charge is 0.248 e. The number of alkyl halides is 2. The molecule has 1 aromatic carbocycles. The maximum absolute atomic E-state index is 13.8. The summed E-state index contributed by atoms with van der Waals surface area (Å²) in [5, 5.41) is 4.28. The summed E-state index contributed by atoms with van der Waals surface area (Å²) < 4.78 is 57.6. The van der Waals surface area contributed by atoms with Gasteiger partial charge in [-0.2, -0.15) is 9.40 Å². The van der Waals surface area contributed by atoms with Crippen molar-refractivity contribution in [2.45, 2.75) is 75.3 Å². The number of amides is 1. The molecule has 1 aliphatic carbocycles. The van der Waals surface area contributed by atoms with Crippen molar-refractivity contribution in [3.05, 3.63) is 41.7 Å². The second kappa shape index (κ2) is 8.79. The number of benzene rings is 1. The van der Waals surface area contributed by atoms with Crippen LogP contribution in [0.3, 0.4) is 0 Å². The second-order valence-corrected chi connectivity index (χ2v) is 11.0. The number of aromatic nitrogens is 2. The molecule has 2 fully saturated rings. The number of hydrogen-bond acceptors (Lipinski definition) is 4. The molecule has 2 heterocycles. The average Bonchev–Trinajstić information content (AvgIpc) is 3.42. The first-order chi connectivity index (χ1) is 15.5. The predicted molar refractivity (Wildman–Crippen MR) is 120 cm³/mol. The lowest BCUT2D eigenvalue weighted by atomic mass is 9.91. The van der Waals surface area contributed by atoms with Gasteiger partial charge in [0.15, 0.2) is 0 Å². The van der Waals surface area contributed by atoms with Crippen LogP contribution in [0.15, 0.2) is 35.4 Å². The topological polar surface area (TPSA) is 75.5 Å². The summed E-state index contributed by atoms with van der Waals surface area (Å²) in [6.07, 6.45) is 2.51. The Bertz CT molecular complexity index is 1140. The SMILES string of the molecule is Cc1ccc(S(=O)(=O)N2CCC[C@H]2C(=O)N(C)C2CCC(F)(F)CC2)c(-n2nccc2C)c1. The van der Waals surface area contributed by atoms with Gasteiger partial charge < -0.3 is 4.90 Å². The molecule has 1 amide bonds. The number of halogens is 2. The minimum absolute atomic E-state index is 0.0968. The van der Waals surface area contributed by atoms with E-state index in [1.165, 1.54) is 9.21 Å². The lowest BCUT2D eigenvalue weighted by Crippen LogP contribution is -2.50. The van der Waals surface area contributed by atoms with Gasteiger partial charge in [0.1, 0.15) is 10.9 Å². The summed E-state index contributed by atoms with van der Waals surface area (Å²) in [6, 6.07) is 5.72. The molecule has 0 bridgehead atoms. The lowest BCUT2D eigenvalue weighted by Gasteiger charge is -2.37. The molecule has 0 N–H and O–H groups in total. The number of nitrogens with zero attached hydrogens (tertiary/aromatic N) is 4. The third kappa shape index (κ3) is 4.55. The Morgan fingerprint density at radius 3 is 2.48 bits per heavy atom. The zero-order valence-corrected chi connectivity index (χ0v) is 20.0. The normalized spacial score (nSPS) is 21.9. The molecule has 4 rings (SSSR count). The number of carbonyl (C=O) groups excluding carboxylic acids is 1. The van der Waals surface area contributed by atoms with E-state index in [0.717, 1.165) is 11.3 Å². The van der Waals surface area contributed by atoms with Crippen molar-refractivity contribution in [1.29, 1.82) is 0 Å². The average molecular weight is 481 g/mol. The van der Waals surface area contributed by atoms with Gasteiger partial charge in [0.25, 0.3) is 0 Å². The first-order valence-electron chi connectivity index (χ1n) is 11.3. The summed E-state index contributed by atoms with van der Waals surface area (Å²) in [5.41, 5.74) is 2.13. The molecule has 0 radical (unpaired) electrons. The summed E-state index contributed by atoms with van der Waals surface area (Å²) in [7, 11) is -2.40. The molecule has 1 aliphatic heterocycles. The Hall–Kier alpha value is -2.33. The summed E-state index contributed by atoms with van der Waals surface area (Å²) in [5.74, 6) is -3.01. The van der Waals surface area contributed by atoms with E-state index in [1.54, 1.807) is 42.2 Å². The number of rotatable bonds is 5. The van der Waals surface area contributed by atoms with Gasteiger partial charge in [-0.1, -0.05) is 6.07 Å². The highest BCUT2D eigenvalue weighted by Crippen LogP contribution is 2.36. The van der Waals surface area contributed by atoms with Crippen LogP contribution in [0.1, 0.15) is 49.8 Å². The van der Waals surface area contributed by atoms with Crippen LogP contribution in [0.4, 0.5) is 8.78 Å². The minimum Gasteiger partial charge on any atom is -0.341 e. The molecular formula is C23H30F2N4O3S. The molecule has 1 saturated heterocycles. The summed E-state index contributed by atoms with van der Waals surface area (Å²) in [6.45, 7) is 3.96. The predicted octanol–water partition coefficient (Wildman–Crippen LogP) is 3.68. The number of likely N-dealkylation sites (N-methyl/N-ethyl adjacent to an activating group) is 1. The molecule has 1 atom stereocenters. The zero-order valence-electron chi connectivity index (χ0n) is 19.2. The number of aryl methyl sites for hydroxylation is 2. The van der Waals surface area contributed by atoms with Gasteiger partial charge in [-0.05, 0) is 63.3 Å². The highest BCUT2D eigenvalue weighted by atomic mass is 32.2. The summed E-state index contributed by atoms with van der Waals surface area (Å²) in [4.78, 5) is 14.9. The number of hydrogen-bond donors (Lipinski definition) is 0. The van der Waals surface area contributed by atoms with Gasteiger partial charge in [0, 0.05) is 44.4 Å². The summed E-state index contributed by atoms with van der Waals surface area (Å²) >= 11 is 0. The molecule has 2 aliphatic rings. The fourth-order valence-electron chi connectivity index (χ4n) is 4.86. The second-order valence-electron chi connectivity index (χ2n) is 9.17. The van der Waals surface area contributed by atoms with Crippen LogP contribution in [0.25, 0.3) is 5.69 Å². The minimum atomic E-state index is -4.00. The van der Waals surface area contributed by atoms with Crippen LogP contribution in [0.2, 0.25) is 0 Å². The van der Waals surface area contributed by atoms with Gasteiger partial charge in [-0.25, -0.2) is 21.9 Å². The maximum Gasteiger partial charge on any atom is 0.248 e. The van der Waals surface area contributed by atoms with Crippen molar-refractivity contribution in [2.75, 3.05) is 13.6 Å². The first-order valence-corrected chi connectivity index (χ1v) is 12.7. The quantitative estimate of drug-likeness (QED) is 0.654. The van der Waals surface area contributed by atoms with Crippen LogP contribution in [-0.2, 0) is 14.8 Å². The van der Waals surface area contributed by atoms with E-state index in [9.17, 15) is 22.0 Å². The van der Waals surface area contributed by atoms with Crippen molar-refractivity contribution in [1.82, 2.24) is 19.0 Å². The van der Waals surface area contributed by atoms with E-state index in [2.05, 4.69) is 5.10 Å². The van der Waals surface area contributed by atoms with Crippen LogP contribution in [-0.4, -0.2) is 64.9 Å². The molecule has 1 saturated carbocycles. The van der Waals surface area contributed by atoms with Gasteiger partial charge in [-0.3, -0.25) is 4.79 Å². The van der Waals surface area contributed by atoms with E-state index in [1.807, 2.05) is 13.8 Å². The van der Waals surface area contributed by atoms with Crippen molar-refractivity contribution in [3.8, 4) is 5.69 Å². The van der Waals surface area contributed by atoms with E-state index >= 15 is 0 Å². The zero-order chi connectivity index (χ0) is 24.0. The molecule has 2 aromatic rings. The fourth-order valence-corrected chi connectivity index (χ4v) is 6.66. The molecule has 10 heteroatoms. The highest BCUT2D eigenvalue weighted by Gasteiger charge is 2.44. The molecule has 7 nitrogen and oxygen atoms in total. The van der Waals surface area contributed by atoms with E-state index in [0.29, 0.717) is 18.5 Å². The standard InChI is InChI=1S/C23H30F2N4O3S/c1-16-6-7-21(20(15-16)29-17(2)10-13-26-29)33(31,32)28-14-4-5-19(28)22(30)27(3)18-8-11-23(24,25)12-9-18/h6-7,10,13,15,18-19H,4-5,8-9,11-12,14H2,1-3H3/t19-/m0/s1. The number of carbonyl (C=O) groups is 1. The van der Waals surface area contributed by atoms with E-state index in [-0.39, 0.29) is 49.1 Å². The van der Waals surface area contributed by atoms with Crippen molar-refractivity contribution in [2.24, 2.45) is 0 Å². The molecule has 1 aromatic heterocycles. The van der Waals surface area contributed by atoms with Crippen LogP contribution >= 0.6 is 0 Å².